The Labute approximate surface area is 165 Å². The summed E-state index contributed by atoms with van der Waals surface area (Å²) in [5.41, 5.74) is 1.72. The molecular formula is C21H17F3N4O. The molecule has 0 bridgehead atoms. The van der Waals surface area contributed by atoms with E-state index in [1.807, 2.05) is 31.2 Å². The van der Waals surface area contributed by atoms with Gasteiger partial charge < -0.3 is 10.2 Å². The van der Waals surface area contributed by atoms with Crippen LogP contribution in [0.5, 0.6) is 0 Å². The van der Waals surface area contributed by atoms with Crippen molar-refractivity contribution in [3.63, 3.8) is 0 Å². The van der Waals surface area contributed by atoms with Crippen LogP contribution in [0.1, 0.15) is 28.8 Å². The predicted octanol–water partition coefficient (Wildman–Crippen LogP) is 4.54. The van der Waals surface area contributed by atoms with Gasteiger partial charge in [0.2, 0.25) is 0 Å². The Balaban J connectivity index is 1.67. The van der Waals surface area contributed by atoms with Crippen molar-refractivity contribution in [2.45, 2.75) is 26.3 Å². The maximum Gasteiger partial charge on any atom is 0.277 e. The minimum atomic E-state index is -1.58. The van der Waals surface area contributed by atoms with E-state index in [-0.39, 0.29) is 35.0 Å². The van der Waals surface area contributed by atoms with E-state index >= 15 is 0 Å². The number of benzene rings is 2. The lowest BCUT2D eigenvalue weighted by atomic mass is 10.1. The van der Waals surface area contributed by atoms with Gasteiger partial charge in [0.25, 0.3) is 5.91 Å². The van der Waals surface area contributed by atoms with E-state index in [4.69, 9.17) is 0 Å². The molecule has 148 valence electrons. The fourth-order valence-electron chi connectivity index (χ4n) is 3.50. The summed E-state index contributed by atoms with van der Waals surface area (Å²) in [6, 6.07) is 10.8. The minimum absolute atomic E-state index is 0.0461. The number of aryl methyl sites for hydroxylation is 1. The highest BCUT2D eigenvalue weighted by Crippen LogP contribution is 2.33. The summed E-state index contributed by atoms with van der Waals surface area (Å²) in [7, 11) is 0. The number of amides is 1. The fraction of sp³-hybridized carbons (Fsp3) is 0.190. The van der Waals surface area contributed by atoms with Crippen LogP contribution in [0.2, 0.25) is 0 Å². The molecule has 5 nitrogen and oxygen atoms in total. The summed E-state index contributed by atoms with van der Waals surface area (Å²) in [4.78, 5) is 23.2. The Morgan fingerprint density at radius 2 is 1.86 bits per heavy atom. The lowest BCUT2D eigenvalue weighted by Gasteiger charge is -2.22. The molecule has 1 unspecified atom stereocenters. The van der Waals surface area contributed by atoms with Gasteiger partial charge in [-0.2, -0.15) is 0 Å². The second kappa shape index (κ2) is 7.20. The molecule has 1 aliphatic heterocycles. The van der Waals surface area contributed by atoms with E-state index in [1.54, 1.807) is 11.8 Å². The van der Waals surface area contributed by atoms with E-state index in [0.29, 0.717) is 0 Å². The number of carbonyl (C=O) groups is 1. The van der Waals surface area contributed by atoms with Crippen LogP contribution in [0.25, 0.3) is 0 Å². The third kappa shape index (κ3) is 3.41. The van der Waals surface area contributed by atoms with E-state index in [0.717, 1.165) is 29.8 Å². The Morgan fingerprint density at radius 1 is 1.10 bits per heavy atom. The van der Waals surface area contributed by atoms with Crippen molar-refractivity contribution in [1.29, 1.82) is 0 Å². The normalized spacial score (nSPS) is 15.3. The maximum absolute atomic E-state index is 14.0. The summed E-state index contributed by atoms with van der Waals surface area (Å²) >= 11 is 0. The van der Waals surface area contributed by atoms with Gasteiger partial charge in [0.05, 0.1) is 5.69 Å². The number of hydrogen-bond acceptors (Lipinski definition) is 4. The zero-order chi connectivity index (χ0) is 20.7. The standard InChI is InChI=1S/C21H17F3N4O/c1-11-9-13-5-3-4-6-17(13)28(11)21(29)16-10-18(26-12(2)25-16)27-15-8-7-14(22)19(23)20(15)24/h3-8,10-11H,9H2,1-2H3,(H,25,26,27). The number of anilines is 3. The smallest absolute Gasteiger partial charge is 0.277 e. The molecule has 1 aliphatic rings. The van der Waals surface area contributed by atoms with Crippen molar-refractivity contribution in [2.75, 3.05) is 10.2 Å². The summed E-state index contributed by atoms with van der Waals surface area (Å²) in [5, 5.41) is 2.59. The summed E-state index contributed by atoms with van der Waals surface area (Å²) < 4.78 is 40.6. The molecule has 1 atom stereocenters. The number of nitrogens with one attached hydrogen (secondary N) is 1. The van der Waals surface area contributed by atoms with Crippen molar-refractivity contribution in [3.8, 4) is 0 Å². The van der Waals surface area contributed by atoms with Gasteiger partial charge in [-0.3, -0.25) is 4.79 Å². The summed E-state index contributed by atoms with van der Waals surface area (Å²) in [6.07, 6.45) is 0.733. The van der Waals surface area contributed by atoms with Crippen molar-refractivity contribution >= 4 is 23.1 Å². The number of hydrogen-bond donors (Lipinski definition) is 1. The SMILES string of the molecule is Cc1nc(Nc2ccc(F)c(F)c2F)cc(C(=O)N2c3ccccc3CC2C)n1. The van der Waals surface area contributed by atoms with Crippen LogP contribution >= 0.6 is 0 Å². The van der Waals surface area contributed by atoms with Gasteiger partial charge in [-0.05, 0) is 44.0 Å². The highest BCUT2D eigenvalue weighted by molar-refractivity contribution is 6.07. The van der Waals surface area contributed by atoms with Crippen LogP contribution < -0.4 is 10.2 Å². The maximum atomic E-state index is 14.0. The molecule has 29 heavy (non-hydrogen) atoms. The molecule has 3 aromatic rings. The Kier molecular flexibility index (Phi) is 4.70. The van der Waals surface area contributed by atoms with Crippen LogP contribution in [0.3, 0.4) is 0 Å². The van der Waals surface area contributed by atoms with Gasteiger partial charge in [-0.25, -0.2) is 23.1 Å². The van der Waals surface area contributed by atoms with Gasteiger partial charge in [0, 0.05) is 17.8 Å². The van der Waals surface area contributed by atoms with E-state index in [1.165, 1.54) is 6.07 Å². The Morgan fingerprint density at radius 3 is 2.66 bits per heavy atom. The van der Waals surface area contributed by atoms with Crippen LogP contribution in [0.4, 0.5) is 30.4 Å². The van der Waals surface area contributed by atoms with Gasteiger partial charge in [-0.1, -0.05) is 18.2 Å². The highest BCUT2D eigenvalue weighted by Gasteiger charge is 2.32. The molecule has 0 spiro atoms. The Hall–Kier alpha value is -3.42. The summed E-state index contributed by atoms with van der Waals surface area (Å²) in [6.45, 7) is 3.53. The molecule has 0 saturated heterocycles. The first-order valence-corrected chi connectivity index (χ1v) is 9.03. The van der Waals surface area contributed by atoms with E-state index in [9.17, 15) is 18.0 Å². The van der Waals surface area contributed by atoms with Crippen LogP contribution in [-0.2, 0) is 6.42 Å². The number of rotatable bonds is 3. The number of fused-ring (bicyclic) bond motifs is 1. The number of carbonyl (C=O) groups excluding carboxylic acids is 1. The molecule has 4 rings (SSSR count). The number of aromatic nitrogens is 2. The van der Waals surface area contributed by atoms with E-state index < -0.39 is 17.5 Å². The quantitative estimate of drug-likeness (QED) is 0.659. The molecule has 0 aliphatic carbocycles. The largest absolute Gasteiger partial charge is 0.338 e. The van der Waals surface area contributed by atoms with Gasteiger partial charge in [-0.15, -0.1) is 0 Å². The first kappa shape index (κ1) is 18.9. The number of halogens is 3. The third-order valence-electron chi connectivity index (χ3n) is 4.78. The zero-order valence-corrected chi connectivity index (χ0v) is 15.7. The molecule has 0 saturated carbocycles. The summed E-state index contributed by atoms with van der Waals surface area (Å²) in [5.74, 6) is -4.17. The molecule has 8 heteroatoms. The molecule has 0 radical (unpaired) electrons. The fourth-order valence-corrected chi connectivity index (χ4v) is 3.50. The molecular weight excluding hydrogens is 381 g/mol. The van der Waals surface area contributed by atoms with Gasteiger partial charge in [0.15, 0.2) is 17.5 Å². The second-order valence-corrected chi connectivity index (χ2v) is 6.89. The third-order valence-corrected chi connectivity index (χ3v) is 4.78. The van der Waals surface area contributed by atoms with Gasteiger partial charge in [0.1, 0.15) is 17.3 Å². The van der Waals surface area contributed by atoms with Crippen molar-refractivity contribution in [1.82, 2.24) is 9.97 Å². The molecule has 1 N–H and O–H groups in total. The molecule has 2 aromatic carbocycles. The number of para-hydroxylation sites is 1. The lowest BCUT2D eigenvalue weighted by molar-refractivity contribution is 0.0976. The minimum Gasteiger partial charge on any atom is -0.338 e. The average Bonchev–Trinajstić information content (AvgIpc) is 3.03. The van der Waals surface area contributed by atoms with Crippen molar-refractivity contribution in [2.24, 2.45) is 0 Å². The van der Waals surface area contributed by atoms with E-state index in [2.05, 4.69) is 15.3 Å². The monoisotopic (exact) mass is 398 g/mol. The van der Waals surface area contributed by atoms with Crippen LogP contribution in [0.15, 0.2) is 42.5 Å². The average molecular weight is 398 g/mol. The molecule has 1 amide bonds. The zero-order valence-electron chi connectivity index (χ0n) is 15.7. The first-order chi connectivity index (χ1) is 13.8. The number of nitrogens with zero attached hydrogens (tertiary/aromatic N) is 3. The highest BCUT2D eigenvalue weighted by atomic mass is 19.2. The lowest BCUT2D eigenvalue weighted by Crippen LogP contribution is -2.36. The van der Waals surface area contributed by atoms with Crippen LogP contribution in [-0.4, -0.2) is 21.9 Å². The first-order valence-electron chi connectivity index (χ1n) is 9.03. The molecule has 0 fully saturated rings. The molecule has 1 aromatic heterocycles. The van der Waals surface area contributed by atoms with Crippen molar-refractivity contribution in [3.05, 3.63) is 77.0 Å². The Bertz CT molecular complexity index is 1120. The van der Waals surface area contributed by atoms with Crippen molar-refractivity contribution < 1.29 is 18.0 Å². The predicted molar refractivity (Wildman–Crippen MR) is 103 cm³/mol. The topological polar surface area (TPSA) is 58.1 Å². The van der Waals surface area contributed by atoms with Crippen LogP contribution in [0, 0.1) is 24.4 Å². The second-order valence-electron chi connectivity index (χ2n) is 6.89. The van der Waals surface area contributed by atoms with Gasteiger partial charge >= 0.3 is 0 Å². The molecule has 2 heterocycles.